The summed E-state index contributed by atoms with van der Waals surface area (Å²) in [6.45, 7) is 2.75. The van der Waals surface area contributed by atoms with E-state index in [2.05, 4.69) is 15.2 Å². The Morgan fingerprint density at radius 2 is 1.69 bits per heavy atom. The average Bonchev–Trinajstić information content (AvgIpc) is 3.03. The summed E-state index contributed by atoms with van der Waals surface area (Å²) in [4.78, 5) is 19.8. The number of hydrogen-bond donors (Lipinski definition) is 1. The molecule has 2 aromatic rings. The van der Waals surface area contributed by atoms with Gasteiger partial charge in [0.2, 0.25) is 5.91 Å². The van der Waals surface area contributed by atoms with Gasteiger partial charge in [-0.15, -0.1) is 0 Å². The Morgan fingerprint density at radius 1 is 1.06 bits per heavy atom. The number of sulfone groups is 2. The first-order valence-corrected chi connectivity index (χ1v) is 15.3. The average molecular weight is 561 g/mol. The molecule has 4 rings (SSSR count). The molecule has 8 nitrogen and oxygen atoms in total. The lowest BCUT2D eigenvalue weighted by Crippen LogP contribution is -2.56. The number of amides is 1. The van der Waals surface area contributed by atoms with Gasteiger partial charge < -0.3 is 10.2 Å². The third-order valence-electron chi connectivity index (χ3n) is 6.88. The van der Waals surface area contributed by atoms with Crippen LogP contribution in [0.1, 0.15) is 39.5 Å². The predicted octanol–water partition coefficient (Wildman–Crippen LogP) is 3.66. The van der Waals surface area contributed by atoms with E-state index >= 15 is 0 Å². The Balaban J connectivity index is 1.48. The Labute approximate surface area is 215 Å². The third kappa shape index (κ3) is 4.90. The molecule has 190 valence electrons. The van der Waals surface area contributed by atoms with Crippen molar-refractivity contribution >= 4 is 54.6 Å². The quantitative estimate of drug-likeness (QED) is 0.574. The number of nitrogens with zero attached hydrogens (tertiary/aromatic N) is 2. The van der Waals surface area contributed by atoms with Crippen molar-refractivity contribution in [2.45, 2.75) is 72.2 Å². The monoisotopic (exact) mass is 559 g/mol. The number of aromatic nitrogens is 1. The van der Waals surface area contributed by atoms with Gasteiger partial charge in [-0.25, -0.2) is 21.8 Å². The number of benzene rings is 1. The van der Waals surface area contributed by atoms with E-state index in [1.165, 1.54) is 38.2 Å². The van der Waals surface area contributed by atoms with Crippen LogP contribution in [0, 0.1) is 0 Å². The van der Waals surface area contributed by atoms with Crippen molar-refractivity contribution in [3.8, 4) is 0 Å². The predicted molar refractivity (Wildman–Crippen MR) is 136 cm³/mol. The Bertz CT molecular complexity index is 1350. The molecule has 2 saturated heterocycles. The van der Waals surface area contributed by atoms with Crippen molar-refractivity contribution in [2.75, 3.05) is 11.2 Å². The first-order chi connectivity index (χ1) is 16.2. The van der Waals surface area contributed by atoms with Gasteiger partial charge >= 0.3 is 0 Å². The number of carbonyl (C=O) groups excluding carboxylic acids is 1. The molecule has 1 aromatic heterocycles. The second-order valence-electron chi connectivity index (χ2n) is 9.65. The molecule has 1 N–H and O–H groups in total. The molecule has 2 aliphatic rings. The van der Waals surface area contributed by atoms with E-state index < -0.39 is 30.3 Å². The number of piperidine rings is 1. The molecule has 2 aliphatic heterocycles. The van der Waals surface area contributed by atoms with Gasteiger partial charge in [-0.2, -0.15) is 0 Å². The largest absolute Gasteiger partial charge is 0.352 e. The molecule has 3 heterocycles. The molecule has 0 radical (unpaired) electrons. The number of nitrogens with one attached hydrogen (secondary N) is 1. The van der Waals surface area contributed by atoms with Crippen LogP contribution in [-0.4, -0.2) is 56.9 Å². The third-order valence-corrected chi connectivity index (χ3v) is 11.1. The molecule has 1 amide bonds. The van der Waals surface area contributed by atoms with Crippen LogP contribution in [0.15, 0.2) is 46.3 Å². The van der Waals surface area contributed by atoms with Crippen LogP contribution in [0.25, 0.3) is 0 Å². The number of anilines is 1. The lowest BCUT2D eigenvalue weighted by atomic mass is 9.96. The van der Waals surface area contributed by atoms with E-state index in [4.69, 9.17) is 23.2 Å². The van der Waals surface area contributed by atoms with Gasteiger partial charge in [-0.05, 0) is 69.9 Å². The minimum atomic E-state index is -4.09. The molecule has 35 heavy (non-hydrogen) atoms. The van der Waals surface area contributed by atoms with Gasteiger partial charge in [0, 0.05) is 35.6 Å². The molecule has 3 atom stereocenters. The topological polar surface area (TPSA) is 114 Å². The summed E-state index contributed by atoms with van der Waals surface area (Å²) in [6.07, 6.45) is 5.60. The van der Waals surface area contributed by atoms with Crippen molar-refractivity contribution in [3.63, 3.8) is 0 Å². The molecule has 2 bridgehead atoms. The van der Waals surface area contributed by atoms with Crippen LogP contribution < -0.4 is 10.2 Å². The minimum Gasteiger partial charge on any atom is -0.352 e. The first-order valence-electron chi connectivity index (χ1n) is 11.2. The second kappa shape index (κ2) is 9.21. The van der Waals surface area contributed by atoms with E-state index in [1.807, 2.05) is 0 Å². The van der Waals surface area contributed by atoms with E-state index in [1.54, 1.807) is 12.1 Å². The summed E-state index contributed by atoms with van der Waals surface area (Å²) in [5, 5.41) is 3.23. The fourth-order valence-electron chi connectivity index (χ4n) is 4.86. The Morgan fingerprint density at radius 3 is 2.20 bits per heavy atom. The highest BCUT2D eigenvalue weighted by Gasteiger charge is 2.47. The number of carbonyl (C=O) groups is 1. The Hall–Kier alpha value is -1.88. The normalized spacial score (nSPS) is 22.8. The van der Waals surface area contributed by atoms with Gasteiger partial charge in [-0.1, -0.05) is 23.2 Å². The fraction of sp³-hybridized carbons (Fsp3) is 0.478. The molecule has 2 fully saturated rings. The highest BCUT2D eigenvalue weighted by molar-refractivity contribution is 7.93. The molecular formula is C23H27Cl2N3O5S2. The molecule has 0 unspecified atom stereocenters. The fourth-order valence-corrected chi connectivity index (χ4v) is 7.55. The van der Waals surface area contributed by atoms with E-state index in [0.29, 0.717) is 23.7 Å². The summed E-state index contributed by atoms with van der Waals surface area (Å²) in [5.74, 6) is 0.118. The van der Waals surface area contributed by atoms with Gasteiger partial charge in [0.05, 0.1) is 14.8 Å². The first kappa shape index (κ1) is 26.2. The van der Waals surface area contributed by atoms with Gasteiger partial charge in [0.25, 0.3) is 0 Å². The summed E-state index contributed by atoms with van der Waals surface area (Å²) in [7, 11) is -7.42. The summed E-state index contributed by atoms with van der Waals surface area (Å²) < 4.78 is 48.3. The molecule has 0 saturated carbocycles. The van der Waals surface area contributed by atoms with Crippen LogP contribution in [0.2, 0.25) is 10.0 Å². The van der Waals surface area contributed by atoms with Gasteiger partial charge in [0.1, 0.15) is 10.6 Å². The molecule has 0 spiro atoms. The maximum atomic E-state index is 13.3. The summed E-state index contributed by atoms with van der Waals surface area (Å²) >= 11 is 12.0. The lowest BCUT2D eigenvalue weighted by Gasteiger charge is -2.40. The van der Waals surface area contributed by atoms with Crippen LogP contribution in [-0.2, 0) is 24.5 Å². The lowest BCUT2D eigenvalue weighted by molar-refractivity contribution is -0.123. The standard InChI is InChI=1S/C23H27Cl2N3O5S2/c1-23(2,35(32,33)20-8-4-14(24)10-19(20)25)22(29)27-15-11-16-5-6-17(12-15)28(16)21-9-7-18(13-26-21)34(3,30)31/h4,7-10,13,15-17H,5-6,11-12H2,1-3H3,(H,27,29)/t15-,16+,17-. The van der Waals surface area contributed by atoms with Gasteiger partial charge in [0.15, 0.2) is 19.7 Å². The molecular weight excluding hydrogens is 533 g/mol. The Kier molecular flexibility index (Phi) is 6.89. The minimum absolute atomic E-state index is 0.0286. The number of halogens is 2. The van der Waals surface area contributed by atoms with Crippen LogP contribution in [0.5, 0.6) is 0 Å². The number of pyridine rings is 1. The number of rotatable bonds is 6. The second-order valence-corrected chi connectivity index (χ2v) is 15.0. The molecule has 1 aromatic carbocycles. The van der Waals surface area contributed by atoms with Crippen LogP contribution in [0.4, 0.5) is 5.82 Å². The number of hydrogen-bond acceptors (Lipinski definition) is 7. The highest BCUT2D eigenvalue weighted by Crippen LogP contribution is 2.39. The zero-order valence-corrected chi connectivity index (χ0v) is 22.7. The zero-order valence-electron chi connectivity index (χ0n) is 19.5. The van der Waals surface area contributed by atoms with Crippen molar-refractivity contribution in [1.82, 2.24) is 10.3 Å². The zero-order chi connectivity index (χ0) is 25.8. The van der Waals surface area contributed by atoms with Gasteiger partial charge in [-0.3, -0.25) is 4.79 Å². The maximum Gasteiger partial charge on any atom is 0.241 e. The van der Waals surface area contributed by atoms with E-state index in [0.717, 1.165) is 19.1 Å². The van der Waals surface area contributed by atoms with Crippen molar-refractivity contribution < 1.29 is 21.6 Å². The van der Waals surface area contributed by atoms with Crippen molar-refractivity contribution in [3.05, 3.63) is 46.6 Å². The smallest absolute Gasteiger partial charge is 0.241 e. The number of fused-ring (bicyclic) bond motifs is 2. The molecule has 0 aliphatic carbocycles. The van der Waals surface area contributed by atoms with Crippen molar-refractivity contribution in [1.29, 1.82) is 0 Å². The van der Waals surface area contributed by atoms with E-state index in [9.17, 15) is 21.6 Å². The SMILES string of the molecule is CC(C)(C(=O)N[C@H]1C[C@H]2CC[C@@H](C1)N2c1ccc(S(C)(=O)=O)cn1)S(=O)(=O)c1ccc(Cl)cc1Cl. The van der Waals surface area contributed by atoms with Crippen LogP contribution >= 0.6 is 23.2 Å². The highest BCUT2D eigenvalue weighted by atomic mass is 35.5. The summed E-state index contributed by atoms with van der Waals surface area (Å²) in [5.41, 5.74) is 0. The maximum absolute atomic E-state index is 13.3. The van der Waals surface area contributed by atoms with Crippen LogP contribution in [0.3, 0.4) is 0 Å². The van der Waals surface area contributed by atoms with E-state index in [-0.39, 0.29) is 32.9 Å². The van der Waals surface area contributed by atoms with Crippen molar-refractivity contribution in [2.24, 2.45) is 0 Å². The molecule has 12 heteroatoms. The summed E-state index contributed by atoms with van der Waals surface area (Å²) in [6, 6.07) is 7.39.